The zero-order chi connectivity index (χ0) is 10.6. The molecule has 1 aliphatic carbocycles. The molecule has 1 saturated carbocycles. The van der Waals surface area contributed by atoms with Gasteiger partial charge in [-0.05, 0) is 45.8 Å². The van der Waals surface area contributed by atoms with Gasteiger partial charge in [-0.25, -0.2) is 0 Å². The first-order valence-electron chi connectivity index (χ1n) is 5.97. The first kappa shape index (κ1) is 12.0. The minimum atomic E-state index is 0.623. The van der Waals surface area contributed by atoms with Crippen LogP contribution < -0.4 is 5.32 Å². The van der Waals surface area contributed by atoms with E-state index in [1.807, 2.05) is 0 Å². The second-order valence-electron chi connectivity index (χ2n) is 5.24. The molecule has 1 N–H and O–H groups in total. The number of nitrogens with one attached hydrogen (secondary N) is 1. The second kappa shape index (κ2) is 5.72. The van der Waals surface area contributed by atoms with Gasteiger partial charge in [0.2, 0.25) is 0 Å². The van der Waals surface area contributed by atoms with Crippen molar-refractivity contribution in [1.29, 1.82) is 0 Å². The van der Waals surface area contributed by atoms with Crippen molar-refractivity contribution in [2.24, 2.45) is 11.8 Å². The van der Waals surface area contributed by atoms with Crippen LogP contribution in [0.25, 0.3) is 0 Å². The van der Waals surface area contributed by atoms with Gasteiger partial charge in [0.15, 0.2) is 0 Å². The molecule has 2 nitrogen and oxygen atoms in total. The Hall–Kier alpha value is -0.0800. The third-order valence-electron chi connectivity index (χ3n) is 3.41. The Bertz CT molecular complexity index is 156. The Balaban J connectivity index is 2.13. The lowest BCUT2D eigenvalue weighted by molar-refractivity contribution is 0.318. The third kappa shape index (κ3) is 3.97. The van der Waals surface area contributed by atoms with Crippen LogP contribution in [-0.4, -0.2) is 38.1 Å². The third-order valence-corrected chi connectivity index (χ3v) is 3.41. The van der Waals surface area contributed by atoms with E-state index in [0.29, 0.717) is 6.04 Å². The maximum absolute atomic E-state index is 3.64. The molecular formula is C12H26N2. The summed E-state index contributed by atoms with van der Waals surface area (Å²) < 4.78 is 0. The Morgan fingerprint density at radius 1 is 1.36 bits per heavy atom. The van der Waals surface area contributed by atoms with Crippen molar-refractivity contribution in [3.8, 4) is 0 Å². The van der Waals surface area contributed by atoms with Crippen molar-refractivity contribution >= 4 is 0 Å². The van der Waals surface area contributed by atoms with Crippen LogP contribution in [0.1, 0.15) is 33.1 Å². The largest absolute Gasteiger partial charge is 0.313 e. The first-order chi connectivity index (χ1) is 6.59. The predicted molar refractivity (Wildman–Crippen MR) is 62.5 cm³/mol. The summed E-state index contributed by atoms with van der Waals surface area (Å²) in [4.78, 5) is 2.25. The minimum Gasteiger partial charge on any atom is -0.313 e. The first-order valence-corrected chi connectivity index (χ1v) is 5.97. The van der Waals surface area contributed by atoms with Crippen LogP contribution >= 0.6 is 0 Å². The number of nitrogens with zero attached hydrogens (tertiary/aromatic N) is 1. The molecule has 1 aliphatic rings. The molecule has 0 aromatic rings. The molecule has 1 rings (SSSR count). The number of rotatable bonds is 5. The summed E-state index contributed by atoms with van der Waals surface area (Å²) in [6.07, 6.45) is 4.31. The molecule has 0 heterocycles. The highest BCUT2D eigenvalue weighted by Gasteiger charge is 2.23. The van der Waals surface area contributed by atoms with Gasteiger partial charge in [0, 0.05) is 12.6 Å². The van der Waals surface area contributed by atoms with Crippen molar-refractivity contribution in [3.05, 3.63) is 0 Å². The van der Waals surface area contributed by atoms with Gasteiger partial charge < -0.3 is 10.2 Å². The SMILES string of the molecule is CC(CN(C)C)NCC1CCCC1C. The van der Waals surface area contributed by atoms with E-state index < -0.39 is 0 Å². The molecule has 0 spiro atoms. The van der Waals surface area contributed by atoms with Crippen LogP contribution in [0.3, 0.4) is 0 Å². The second-order valence-corrected chi connectivity index (χ2v) is 5.24. The van der Waals surface area contributed by atoms with Gasteiger partial charge in [0.1, 0.15) is 0 Å². The molecule has 2 heteroatoms. The molecule has 1 fully saturated rings. The quantitative estimate of drug-likeness (QED) is 0.726. The predicted octanol–water partition coefficient (Wildman–Crippen LogP) is 1.96. The number of likely N-dealkylation sites (N-methyl/N-ethyl adjacent to an activating group) is 1. The van der Waals surface area contributed by atoms with Gasteiger partial charge in [0.25, 0.3) is 0 Å². The molecule has 3 unspecified atom stereocenters. The van der Waals surface area contributed by atoms with Crippen LogP contribution in [0.2, 0.25) is 0 Å². The summed E-state index contributed by atoms with van der Waals surface area (Å²) in [5.74, 6) is 1.87. The molecule has 3 atom stereocenters. The summed E-state index contributed by atoms with van der Waals surface area (Å²) in [5, 5.41) is 3.64. The standard InChI is InChI=1S/C12H26N2/c1-10-6-5-7-12(10)8-13-11(2)9-14(3)4/h10-13H,5-9H2,1-4H3. The lowest BCUT2D eigenvalue weighted by atomic mass is 9.98. The molecule has 0 amide bonds. The molecule has 0 radical (unpaired) electrons. The number of hydrogen-bond donors (Lipinski definition) is 1. The van der Waals surface area contributed by atoms with Crippen molar-refractivity contribution in [1.82, 2.24) is 10.2 Å². The molecule has 0 saturated heterocycles. The van der Waals surface area contributed by atoms with Crippen LogP contribution in [0.4, 0.5) is 0 Å². The molecule has 14 heavy (non-hydrogen) atoms. The van der Waals surface area contributed by atoms with E-state index in [-0.39, 0.29) is 0 Å². The molecule has 0 aromatic carbocycles. The lowest BCUT2D eigenvalue weighted by Crippen LogP contribution is -2.38. The van der Waals surface area contributed by atoms with Crippen LogP contribution in [0.5, 0.6) is 0 Å². The Morgan fingerprint density at radius 3 is 2.57 bits per heavy atom. The van der Waals surface area contributed by atoms with Gasteiger partial charge in [0.05, 0.1) is 0 Å². The van der Waals surface area contributed by atoms with Crippen LogP contribution in [-0.2, 0) is 0 Å². The van der Waals surface area contributed by atoms with E-state index in [0.717, 1.165) is 18.4 Å². The fraction of sp³-hybridized carbons (Fsp3) is 1.00. The van der Waals surface area contributed by atoms with Gasteiger partial charge in [-0.3, -0.25) is 0 Å². The van der Waals surface area contributed by atoms with E-state index in [2.05, 4.69) is 38.2 Å². The normalized spacial score (nSPS) is 29.8. The monoisotopic (exact) mass is 198 g/mol. The minimum absolute atomic E-state index is 0.623. The molecule has 0 bridgehead atoms. The Kier molecular flexibility index (Phi) is 4.90. The summed E-state index contributed by atoms with van der Waals surface area (Å²) in [7, 11) is 4.27. The van der Waals surface area contributed by atoms with E-state index in [1.54, 1.807) is 0 Å². The van der Waals surface area contributed by atoms with E-state index in [4.69, 9.17) is 0 Å². The Morgan fingerprint density at radius 2 is 2.07 bits per heavy atom. The molecule has 0 aromatic heterocycles. The maximum Gasteiger partial charge on any atom is 0.0166 e. The van der Waals surface area contributed by atoms with Gasteiger partial charge in [-0.2, -0.15) is 0 Å². The summed E-state index contributed by atoms with van der Waals surface area (Å²) in [5.41, 5.74) is 0. The topological polar surface area (TPSA) is 15.3 Å². The zero-order valence-electron chi connectivity index (χ0n) is 10.2. The summed E-state index contributed by atoms with van der Waals surface area (Å²) in [6.45, 7) is 7.03. The lowest BCUT2D eigenvalue weighted by Gasteiger charge is -2.22. The summed E-state index contributed by atoms with van der Waals surface area (Å²) in [6, 6.07) is 0.623. The fourth-order valence-corrected chi connectivity index (χ4v) is 2.49. The maximum atomic E-state index is 3.64. The van der Waals surface area contributed by atoms with Crippen LogP contribution in [0, 0.1) is 11.8 Å². The number of hydrogen-bond acceptors (Lipinski definition) is 2. The van der Waals surface area contributed by atoms with Crippen LogP contribution in [0.15, 0.2) is 0 Å². The Labute approximate surface area is 89.1 Å². The van der Waals surface area contributed by atoms with Crippen molar-refractivity contribution in [3.63, 3.8) is 0 Å². The van der Waals surface area contributed by atoms with Crippen molar-refractivity contribution in [2.75, 3.05) is 27.2 Å². The van der Waals surface area contributed by atoms with E-state index in [1.165, 1.54) is 25.8 Å². The summed E-state index contributed by atoms with van der Waals surface area (Å²) >= 11 is 0. The van der Waals surface area contributed by atoms with Gasteiger partial charge in [-0.1, -0.05) is 19.8 Å². The van der Waals surface area contributed by atoms with Crippen molar-refractivity contribution in [2.45, 2.75) is 39.2 Å². The molecule has 84 valence electrons. The van der Waals surface area contributed by atoms with Gasteiger partial charge >= 0.3 is 0 Å². The van der Waals surface area contributed by atoms with E-state index in [9.17, 15) is 0 Å². The van der Waals surface area contributed by atoms with E-state index >= 15 is 0 Å². The average Bonchev–Trinajstić information content (AvgIpc) is 2.46. The van der Waals surface area contributed by atoms with Crippen molar-refractivity contribution < 1.29 is 0 Å². The van der Waals surface area contributed by atoms with Gasteiger partial charge in [-0.15, -0.1) is 0 Å². The molecular weight excluding hydrogens is 172 g/mol. The highest BCUT2D eigenvalue weighted by Crippen LogP contribution is 2.30. The highest BCUT2D eigenvalue weighted by atomic mass is 15.1. The highest BCUT2D eigenvalue weighted by molar-refractivity contribution is 4.77. The smallest absolute Gasteiger partial charge is 0.0166 e. The zero-order valence-corrected chi connectivity index (χ0v) is 10.2. The molecule has 0 aliphatic heterocycles. The average molecular weight is 198 g/mol. The fourth-order valence-electron chi connectivity index (χ4n) is 2.49.